The number of nitrogens with zero attached hydrogens (tertiary/aromatic N) is 3. The van der Waals surface area contributed by atoms with Crippen molar-refractivity contribution in [2.45, 2.75) is 32.1 Å². The van der Waals surface area contributed by atoms with Crippen molar-refractivity contribution < 1.29 is 19.1 Å². The van der Waals surface area contributed by atoms with Crippen LogP contribution < -0.4 is 4.74 Å². The number of rotatable bonds is 8. The molecule has 2 heterocycles. The summed E-state index contributed by atoms with van der Waals surface area (Å²) < 4.78 is 5.18. The maximum absolute atomic E-state index is 13.2. The van der Waals surface area contributed by atoms with Crippen LogP contribution in [0.2, 0.25) is 0 Å². The first-order chi connectivity index (χ1) is 17.0. The van der Waals surface area contributed by atoms with Crippen molar-refractivity contribution >= 4 is 17.7 Å². The van der Waals surface area contributed by atoms with Crippen LogP contribution in [0.15, 0.2) is 54.6 Å². The number of amides is 3. The molecule has 2 aromatic rings. The predicted molar refractivity (Wildman–Crippen MR) is 134 cm³/mol. The summed E-state index contributed by atoms with van der Waals surface area (Å²) in [5.74, 6) is 0.756. The van der Waals surface area contributed by atoms with Crippen LogP contribution in [0.25, 0.3) is 0 Å². The molecule has 0 bridgehead atoms. The fourth-order valence-electron chi connectivity index (χ4n) is 4.91. The first-order valence-electron chi connectivity index (χ1n) is 12.5. The second-order valence-electron chi connectivity index (χ2n) is 9.38. The zero-order chi connectivity index (χ0) is 24.6. The highest BCUT2D eigenvalue weighted by atomic mass is 16.5. The van der Waals surface area contributed by atoms with E-state index in [-0.39, 0.29) is 30.1 Å². The van der Waals surface area contributed by atoms with Crippen molar-refractivity contribution in [3.05, 3.63) is 65.7 Å². The number of ether oxygens (including phenoxy) is 1. The molecule has 0 spiro atoms. The summed E-state index contributed by atoms with van der Waals surface area (Å²) in [7, 11) is 1.64. The predicted octanol–water partition coefficient (Wildman–Crippen LogP) is 2.78. The van der Waals surface area contributed by atoms with Gasteiger partial charge in [0, 0.05) is 52.1 Å². The monoisotopic (exact) mass is 477 g/mol. The van der Waals surface area contributed by atoms with Crippen molar-refractivity contribution in [2.24, 2.45) is 5.92 Å². The molecule has 2 aromatic carbocycles. The van der Waals surface area contributed by atoms with Crippen molar-refractivity contribution in [3.8, 4) is 5.75 Å². The van der Waals surface area contributed by atoms with Gasteiger partial charge in [-0.2, -0.15) is 0 Å². The SMILES string of the molecule is COc1ccc(CCC(=O)N2CCCN(C(=O)C3CC(=O)N(CCc4ccccc4)C3)CC2)cc1. The number of carbonyl (C=O) groups excluding carboxylic acids is 3. The minimum absolute atomic E-state index is 0.0492. The van der Waals surface area contributed by atoms with E-state index in [0.717, 1.165) is 24.2 Å². The molecule has 186 valence electrons. The number of hydrogen-bond acceptors (Lipinski definition) is 4. The lowest BCUT2D eigenvalue weighted by Gasteiger charge is -2.24. The van der Waals surface area contributed by atoms with Crippen LogP contribution in [0, 0.1) is 5.92 Å². The van der Waals surface area contributed by atoms with E-state index >= 15 is 0 Å². The third-order valence-corrected chi connectivity index (χ3v) is 7.02. The lowest BCUT2D eigenvalue weighted by atomic mass is 10.1. The Morgan fingerprint density at radius 1 is 0.886 bits per heavy atom. The Kier molecular flexibility index (Phi) is 8.40. The molecule has 0 N–H and O–H groups in total. The molecule has 2 aliphatic heterocycles. The number of aryl methyl sites for hydroxylation is 1. The zero-order valence-corrected chi connectivity index (χ0v) is 20.5. The van der Waals surface area contributed by atoms with E-state index in [1.54, 1.807) is 7.11 Å². The standard InChI is InChI=1S/C28H35N3O4/c1-35-25-11-8-23(9-12-25)10-13-26(32)29-15-5-16-30(19-18-29)28(34)24-20-27(33)31(21-24)17-14-22-6-3-2-4-7-22/h2-4,6-9,11-12,24H,5,10,13-21H2,1H3. The summed E-state index contributed by atoms with van der Waals surface area (Å²) in [6.07, 6.45) is 2.98. The maximum atomic E-state index is 13.2. The molecule has 0 saturated carbocycles. The number of hydrogen-bond donors (Lipinski definition) is 0. The Balaban J connectivity index is 1.23. The Morgan fingerprint density at radius 3 is 2.31 bits per heavy atom. The molecule has 7 nitrogen and oxygen atoms in total. The van der Waals surface area contributed by atoms with Gasteiger partial charge in [0.25, 0.3) is 0 Å². The van der Waals surface area contributed by atoms with Crippen LogP contribution in [0.4, 0.5) is 0 Å². The Hall–Kier alpha value is -3.35. The van der Waals surface area contributed by atoms with Crippen LogP contribution >= 0.6 is 0 Å². The fraction of sp³-hybridized carbons (Fsp3) is 0.464. The molecule has 2 fully saturated rings. The van der Waals surface area contributed by atoms with Gasteiger partial charge in [0.05, 0.1) is 13.0 Å². The quantitative estimate of drug-likeness (QED) is 0.586. The molecular weight excluding hydrogens is 442 g/mol. The van der Waals surface area contributed by atoms with Gasteiger partial charge >= 0.3 is 0 Å². The number of carbonyl (C=O) groups is 3. The Bertz CT molecular complexity index is 1010. The van der Waals surface area contributed by atoms with Gasteiger partial charge in [-0.3, -0.25) is 14.4 Å². The van der Waals surface area contributed by atoms with Gasteiger partial charge in [-0.25, -0.2) is 0 Å². The third kappa shape index (κ3) is 6.62. The van der Waals surface area contributed by atoms with Crippen molar-refractivity contribution in [1.82, 2.24) is 14.7 Å². The van der Waals surface area contributed by atoms with Crippen LogP contribution in [-0.4, -0.2) is 78.8 Å². The highest BCUT2D eigenvalue weighted by Crippen LogP contribution is 2.22. The van der Waals surface area contributed by atoms with E-state index in [4.69, 9.17) is 4.74 Å². The van der Waals surface area contributed by atoms with Gasteiger partial charge in [-0.05, 0) is 42.5 Å². The molecule has 0 aromatic heterocycles. The summed E-state index contributed by atoms with van der Waals surface area (Å²) in [6.45, 7) is 3.51. The van der Waals surface area contributed by atoms with Gasteiger partial charge < -0.3 is 19.4 Å². The molecule has 0 radical (unpaired) electrons. The largest absolute Gasteiger partial charge is 0.497 e. The smallest absolute Gasteiger partial charge is 0.228 e. The van der Waals surface area contributed by atoms with E-state index in [1.165, 1.54) is 5.56 Å². The first-order valence-corrected chi connectivity index (χ1v) is 12.5. The fourth-order valence-corrected chi connectivity index (χ4v) is 4.91. The zero-order valence-electron chi connectivity index (χ0n) is 20.5. The van der Waals surface area contributed by atoms with Crippen molar-refractivity contribution in [3.63, 3.8) is 0 Å². The minimum atomic E-state index is -0.282. The van der Waals surface area contributed by atoms with E-state index < -0.39 is 0 Å². The summed E-state index contributed by atoms with van der Waals surface area (Å²) >= 11 is 0. The van der Waals surface area contributed by atoms with Crippen LogP contribution in [0.1, 0.15) is 30.4 Å². The summed E-state index contributed by atoms with van der Waals surface area (Å²) in [4.78, 5) is 44.1. The molecule has 2 saturated heterocycles. The van der Waals surface area contributed by atoms with E-state index in [9.17, 15) is 14.4 Å². The number of likely N-dealkylation sites (tertiary alicyclic amines) is 1. The first kappa shape index (κ1) is 24.8. The van der Waals surface area contributed by atoms with Crippen molar-refractivity contribution in [1.29, 1.82) is 0 Å². The van der Waals surface area contributed by atoms with Gasteiger partial charge in [0.15, 0.2) is 0 Å². The highest BCUT2D eigenvalue weighted by molar-refractivity contribution is 5.89. The topological polar surface area (TPSA) is 70.2 Å². The lowest BCUT2D eigenvalue weighted by molar-refractivity contribution is -0.136. The molecule has 3 amide bonds. The van der Waals surface area contributed by atoms with Crippen LogP contribution in [0.3, 0.4) is 0 Å². The van der Waals surface area contributed by atoms with Gasteiger partial charge in [0.1, 0.15) is 5.75 Å². The molecule has 35 heavy (non-hydrogen) atoms. The average molecular weight is 478 g/mol. The summed E-state index contributed by atoms with van der Waals surface area (Å²) in [5.41, 5.74) is 2.30. The second kappa shape index (κ2) is 11.9. The van der Waals surface area contributed by atoms with E-state index in [0.29, 0.717) is 52.1 Å². The number of methoxy groups -OCH3 is 1. The molecule has 2 aliphatic rings. The third-order valence-electron chi connectivity index (χ3n) is 7.02. The van der Waals surface area contributed by atoms with E-state index in [1.807, 2.05) is 57.2 Å². The van der Waals surface area contributed by atoms with Gasteiger partial charge in [-0.15, -0.1) is 0 Å². The number of benzene rings is 2. The normalized spacial score (nSPS) is 18.5. The lowest BCUT2D eigenvalue weighted by Crippen LogP contribution is -2.40. The average Bonchev–Trinajstić information content (AvgIpc) is 3.10. The Morgan fingerprint density at radius 2 is 1.57 bits per heavy atom. The molecule has 0 aliphatic carbocycles. The maximum Gasteiger partial charge on any atom is 0.228 e. The van der Waals surface area contributed by atoms with E-state index in [2.05, 4.69) is 12.1 Å². The molecule has 1 unspecified atom stereocenters. The molecule has 1 atom stereocenters. The minimum Gasteiger partial charge on any atom is -0.497 e. The highest BCUT2D eigenvalue weighted by Gasteiger charge is 2.36. The van der Waals surface area contributed by atoms with Gasteiger partial charge in [-0.1, -0.05) is 42.5 Å². The molecule has 4 rings (SSSR count). The molecule has 7 heteroatoms. The summed E-state index contributed by atoms with van der Waals surface area (Å²) in [5, 5.41) is 0. The van der Waals surface area contributed by atoms with Gasteiger partial charge in [0.2, 0.25) is 17.7 Å². The summed E-state index contributed by atoms with van der Waals surface area (Å²) in [6, 6.07) is 17.9. The van der Waals surface area contributed by atoms with Crippen molar-refractivity contribution in [2.75, 3.05) is 46.4 Å². The second-order valence-corrected chi connectivity index (χ2v) is 9.38. The van der Waals surface area contributed by atoms with Crippen LogP contribution in [-0.2, 0) is 27.2 Å². The molecular formula is C28H35N3O4. The Labute approximate surface area is 207 Å². The van der Waals surface area contributed by atoms with Crippen LogP contribution in [0.5, 0.6) is 5.75 Å².